The van der Waals surface area contributed by atoms with Crippen molar-refractivity contribution in [3.05, 3.63) is 52.6 Å². The van der Waals surface area contributed by atoms with E-state index in [1.54, 1.807) is 7.11 Å². The van der Waals surface area contributed by atoms with Crippen LogP contribution in [0.15, 0.2) is 30.3 Å². The Morgan fingerprint density at radius 2 is 1.91 bits per heavy atom. The third-order valence-electron chi connectivity index (χ3n) is 6.81. The number of unbranched alkanes of at least 4 members (excludes halogenated alkanes) is 2. The second-order valence-electron chi connectivity index (χ2n) is 9.27. The first kappa shape index (κ1) is 24.8. The van der Waals surface area contributed by atoms with Crippen molar-refractivity contribution in [2.24, 2.45) is 0 Å². The average molecular weight is 551 g/mol. The molecule has 5 nitrogen and oxygen atoms in total. The number of ketones is 1. The summed E-state index contributed by atoms with van der Waals surface area (Å²) in [5, 5.41) is 0. The minimum atomic E-state index is 0. The standard InChI is InChI=1S/C26H34NO4.HI/c1-5-6-7-8-18-9-11-19(12-10-18)22(28)16-21-24-20(13-14-27(21,2)3)15-23-25(26(24)29-4)31-17-30-23;/h9-12,15,21H,5-8,13-14,16-17H2,1-4H3;1H/q+1;/p-1. The van der Waals surface area contributed by atoms with Crippen molar-refractivity contribution in [2.75, 3.05) is 34.5 Å². The zero-order chi connectivity index (χ0) is 22.0. The Bertz CT molecular complexity index is 955. The molecule has 0 saturated heterocycles. The van der Waals surface area contributed by atoms with Gasteiger partial charge in [0.25, 0.3) is 0 Å². The number of methoxy groups -OCH3 is 1. The van der Waals surface area contributed by atoms with Crippen LogP contribution in [-0.4, -0.2) is 44.8 Å². The van der Waals surface area contributed by atoms with Crippen molar-refractivity contribution in [1.29, 1.82) is 0 Å². The molecule has 2 aromatic carbocycles. The molecule has 0 spiro atoms. The summed E-state index contributed by atoms with van der Waals surface area (Å²) in [6.07, 6.45) is 6.10. The largest absolute Gasteiger partial charge is 1.00 e. The third-order valence-corrected chi connectivity index (χ3v) is 6.81. The molecule has 174 valence electrons. The summed E-state index contributed by atoms with van der Waals surface area (Å²) in [4.78, 5) is 13.3. The summed E-state index contributed by atoms with van der Waals surface area (Å²) < 4.78 is 17.9. The summed E-state index contributed by atoms with van der Waals surface area (Å²) in [6, 6.07) is 10.3. The van der Waals surface area contributed by atoms with E-state index in [4.69, 9.17) is 14.2 Å². The van der Waals surface area contributed by atoms with Gasteiger partial charge in [0, 0.05) is 12.0 Å². The maximum atomic E-state index is 13.3. The molecule has 0 fully saturated rings. The van der Waals surface area contributed by atoms with E-state index in [0.29, 0.717) is 12.2 Å². The van der Waals surface area contributed by atoms with Crippen LogP contribution < -0.4 is 38.2 Å². The van der Waals surface area contributed by atoms with Crippen LogP contribution >= 0.6 is 0 Å². The van der Waals surface area contributed by atoms with Crippen molar-refractivity contribution < 1.29 is 47.5 Å². The SMILES string of the molecule is CCCCCc1ccc(C(=O)CC2c3c(cc4c(c3OC)OCO4)CC[N+]2(C)C)cc1.[I-]. The third kappa shape index (κ3) is 4.91. The van der Waals surface area contributed by atoms with Crippen LogP contribution in [0.3, 0.4) is 0 Å². The van der Waals surface area contributed by atoms with E-state index in [9.17, 15) is 4.79 Å². The monoisotopic (exact) mass is 551 g/mol. The van der Waals surface area contributed by atoms with Gasteiger partial charge in [-0.2, -0.15) is 0 Å². The van der Waals surface area contributed by atoms with Gasteiger partial charge in [0.15, 0.2) is 17.3 Å². The van der Waals surface area contributed by atoms with Crippen molar-refractivity contribution in [3.63, 3.8) is 0 Å². The summed E-state index contributed by atoms with van der Waals surface area (Å²) in [7, 11) is 6.06. The number of benzene rings is 2. The van der Waals surface area contributed by atoms with E-state index in [1.165, 1.54) is 30.4 Å². The molecule has 1 unspecified atom stereocenters. The molecule has 32 heavy (non-hydrogen) atoms. The smallest absolute Gasteiger partial charge is 0.231 e. The van der Waals surface area contributed by atoms with Crippen LogP contribution in [0, 0.1) is 0 Å². The molecular weight excluding hydrogens is 517 g/mol. The van der Waals surface area contributed by atoms with Crippen LogP contribution in [-0.2, 0) is 12.8 Å². The van der Waals surface area contributed by atoms with Crippen molar-refractivity contribution >= 4 is 5.78 Å². The number of aryl methyl sites for hydroxylation is 1. The first-order chi connectivity index (χ1) is 14.9. The molecule has 1 atom stereocenters. The van der Waals surface area contributed by atoms with Crippen LogP contribution in [0.4, 0.5) is 0 Å². The van der Waals surface area contributed by atoms with Crippen LogP contribution in [0.5, 0.6) is 17.2 Å². The molecule has 4 rings (SSSR count). The number of hydrogen-bond acceptors (Lipinski definition) is 4. The first-order valence-corrected chi connectivity index (χ1v) is 11.4. The number of rotatable bonds is 8. The summed E-state index contributed by atoms with van der Waals surface area (Å²) in [5.41, 5.74) is 4.37. The van der Waals surface area contributed by atoms with Gasteiger partial charge in [-0.3, -0.25) is 4.79 Å². The van der Waals surface area contributed by atoms with Gasteiger partial charge in [-0.05, 0) is 30.0 Å². The zero-order valence-electron chi connectivity index (χ0n) is 19.6. The van der Waals surface area contributed by atoms with E-state index in [0.717, 1.165) is 46.5 Å². The van der Waals surface area contributed by atoms with E-state index in [2.05, 4.69) is 39.2 Å². The molecule has 0 N–H and O–H groups in total. The number of nitrogens with zero attached hydrogens (tertiary/aromatic N) is 1. The molecule has 2 aliphatic heterocycles. The second kappa shape index (κ2) is 10.4. The fraction of sp³-hybridized carbons (Fsp3) is 0.500. The molecule has 0 amide bonds. The second-order valence-corrected chi connectivity index (χ2v) is 9.27. The lowest BCUT2D eigenvalue weighted by molar-refractivity contribution is -0.922. The number of likely N-dealkylation sites (N-methyl/N-ethyl adjacent to an activating group) is 1. The van der Waals surface area contributed by atoms with Gasteiger partial charge in [0.2, 0.25) is 12.5 Å². The highest BCUT2D eigenvalue weighted by atomic mass is 127. The van der Waals surface area contributed by atoms with Gasteiger partial charge in [-0.1, -0.05) is 44.0 Å². The van der Waals surface area contributed by atoms with E-state index in [1.807, 2.05) is 12.1 Å². The number of carbonyl (C=O) groups excluding carboxylic acids is 1. The molecule has 2 heterocycles. The Labute approximate surface area is 208 Å². The maximum Gasteiger partial charge on any atom is 0.231 e. The highest BCUT2D eigenvalue weighted by Crippen LogP contribution is 2.51. The Morgan fingerprint density at radius 3 is 2.59 bits per heavy atom. The van der Waals surface area contributed by atoms with Gasteiger partial charge >= 0.3 is 0 Å². The number of ether oxygens (including phenoxy) is 3. The predicted molar refractivity (Wildman–Crippen MR) is 121 cm³/mol. The number of carbonyl (C=O) groups is 1. The number of Topliss-reactive ketones (excluding diaryl/α,β-unsaturated/α-hetero) is 1. The zero-order valence-corrected chi connectivity index (χ0v) is 21.7. The van der Waals surface area contributed by atoms with Gasteiger partial charge in [0.1, 0.15) is 6.04 Å². The molecule has 0 bridgehead atoms. The highest BCUT2D eigenvalue weighted by molar-refractivity contribution is 5.96. The molecule has 6 heteroatoms. The maximum absolute atomic E-state index is 13.3. The molecular formula is C26H34INO4. The predicted octanol–water partition coefficient (Wildman–Crippen LogP) is 2.11. The molecule has 0 saturated carbocycles. The number of halogens is 1. The van der Waals surface area contributed by atoms with Crippen molar-refractivity contribution in [1.82, 2.24) is 0 Å². The van der Waals surface area contributed by atoms with Crippen LogP contribution in [0.2, 0.25) is 0 Å². The van der Waals surface area contributed by atoms with Gasteiger partial charge < -0.3 is 42.7 Å². The van der Waals surface area contributed by atoms with Crippen LogP contribution in [0.1, 0.15) is 65.7 Å². The molecule has 2 aliphatic rings. The normalized spacial score (nSPS) is 17.9. The fourth-order valence-corrected chi connectivity index (χ4v) is 4.85. The molecule has 2 aromatic rings. The number of fused-ring (bicyclic) bond motifs is 2. The van der Waals surface area contributed by atoms with Crippen LogP contribution in [0.25, 0.3) is 0 Å². The summed E-state index contributed by atoms with van der Waals surface area (Å²) in [6.45, 7) is 3.39. The Hall–Kier alpha value is -1.80. The van der Waals surface area contributed by atoms with Gasteiger partial charge in [0.05, 0.1) is 39.7 Å². The average Bonchev–Trinajstić information content (AvgIpc) is 3.23. The van der Waals surface area contributed by atoms with E-state index < -0.39 is 0 Å². The van der Waals surface area contributed by atoms with E-state index in [-0.39, 0.29) is 42.6 Å². The lowest BCUT2D eigenvalue weighted by Crippen LogP contribution is -3.00. The molecule has 0 radical (unpaired) electrons. The lowest BCUT2D eigenvalue weighted by Gasteiger charge is -2.43. The quantitative estimate of drug-likeness (QED) is 0.218. The Balaban J connectivity index is 0.00000289. The highest BCUT2D eigenvalue weighted by Gasteiger charge is 2.42. The molecule has 0 aromatic heterocycles. The Kier molecular flexibility index (Phi) is 8.09. The van der Waals surface area contributed by atoms with E-state index >= 15 is 0 Å². The summed E-state index contributed by atoms with van der Waals surface area (Å²) >= 11 is 0. The molecule has 0 aliphatic carbocycles. The lowest BCUT2D eigenvalue weighted by atomic mass is 9.85. The minimum Gasteiger partial charge on any atom is -1.00 e. The first-order valence-electron chi connectivity index (χ1n) is 11.4. The van der Waals surface area contributed by atoms with Crippen molar-refractivity contribution in [2.45, 2.75) is 51.5 Å². The number of quaternary nitrogens is 1. The van der Waals surface area contributed by atoms with Gasteiger partial charge in [-0.25, -0.2) is 0 Å². The number of hydrogen-bond donors (Lipinski definition) is 0. The Morgan fingerprint density at radius 1 is 1.16 bits per heavy atom. The fourth-order valence-electron chi connectivity index (χ4n) is 4.85. The topological polar surface area (TPSA) is 44.8 Å². The minimum absolute atomic E-state index is 0. The van der Waals surface area contributed by atoms with Crippen molar-refractivity contribution in [3.8, 4) is 17.2 Å². The van der Waals surface area contributed by atoms with Gasteiger partial charge in [-0.15, -0.1) is 0 Å². The summed E-state index contributed by atoms with van der Waals surface area (Å²) in [5.74, 6) is 2.30.